The smallest absolute Gasteiger partial charge is 0.442 e. The molecule has 0 radical (unpaired) electrons. The van der Waals surface area contributed by atoms with Gasteiger partial charge in [0.15, 0.2) is 0 Å². The van der Waals surface area contributed by atoms with Gasteiger partial charge in [-0.1, -0.05) is 44.2 Å². The van der Waals surface area contributed by atoms with Crippen molar-refractivity contribution in [1.29, 1.82) is 0 Å². The Balaban J connectivity index is 2.16. The first-order chi connectivity index (χ1) is 13.5. The van der Waals surface area contributed by atoms with Crippen molar-refractivity contribution in [1.82, 2.24) is 4.90 Å². The molecule has 6 nitrogen and oxygen atoms in total. The number of carbonyl (C=O) groups is 1. The standard InChI is InChI=1S/C21H29N3O3S/c1-3-24(4-2)15-8-16-28(26,20-13-11-19(22)12-14-20)23-21(25)27-17-18-9-6-5-7-10-18/h5-7,9-14H,3-4,8,15-17,22H2,1-2H3. The van der Waals surface area contributed by atoms with Gasteiger partial charge in [-0.2, -0.15) is 0 Å². The van der Waals surface area contributed by atoms with Crippen molar-refractivity contribution in [2.75, 3.05) is 31.1 Å². The Labute approximate surface area is 167 Å². The highest BCUT2D eigenvalue weighted by atomic mass is 32.2. The van der Waals surface area contributed by atoms with Crippen LogP contribution >= 0.6 is 0 Å². The normalized spacial score (nSPS) is 13.1. The molecule has 0 aliphatic heterocycles. The van der Waals surface area contributed by atoms with Crippen LogP contribution in [0.25, 0.3) is 0 Å². The molecule has 1 amide bonds. The van der Waals surface area contributed by atoms with Gasteiger partial charge >= 0.3 is 6.09 Å². The second-order valence-corrected chi connectivity index (χ2v) is 8.77. The number of amides is 1. The van der Waals surface area contributed by atoms with Gasteiger partial charge in [0.25, 0.3) is 0 Å². The molecule has 2 N–H and O–H groups in total. The monoisotopic (exact) mass is 403 g/mol. The highest BCUT2D eigenvalue weighted by Crippen LogP contribution is 2.18. The van der Waals surface area contributed by atoms with Gasteiger partial charge in [0.2, 0.25) is 0 Å². The average Bonchev–Trinajstić information content (AvgIpc) is 2.71. The van der Waals surface area contributed by atoms with E-state index in [1.165, 1.54) is 0 Å². The number of anilines is 1. The Hall–Kier alpha value is -2.38. The molecule has 0 aliphatic carbocycles. The maximum absolute atomic E-state index is 13.6. The summed E-state index contributed by atoms with van der Waals surface area (Å²) in [5, 5.41) is 0. The van der Waals surface area contributed by atoms with Crippen LogP contribution in [-0.2, 0) is 21.1 Å². The van der Waals surface area contributed by atoms with Gasteiger partial charge in [0, 0.05) is 16.3 Å². The first kappa shape index (κ1) is 21.9. The van der Waals surface area contributed by atoms with Crippen LogP contribution in [0.5, 0.6) is 0 Å². The molecular formula is C21H29N3O3S. The van der Waals surface area contributed by atoms with Crippen molar-refractivity contribution in [3.63, 3.8) is 0 Å². The zero-order valence-electron chi connectivity index (χ0n) is 16.5. The number of hydrogen-bond donors (Lipinski definition) is 1. The summed E-state index contributed by atoms with van der Waals surface area (Å²) in [6.07, 6.45) is -0.145. The fraction of sp³-hybridized carbons (Fsp3) is 0.381. The SMILES string of the molecule is CCN(CC)CCCS(=O)(=NC(=O)OCc1ccccc1)c1ccc(N)cc1. The first-order valence-electron chi connectivity index (χ1n) is 9.50. The lowest BCUT2D eigenvalue weighted by molar-refractivity contribution is 0.151. The molecule has 1 atom stereocenters. The molecule has 0 aliphatic rings. The molecule has 0 saturated carbocycles. The molecule has 152 valence electrons. The molecule has 2 aromatic rings. The van der Waals surface area contributed by atoms with Crippen molar-refractivity contribution >= 4 is 21.5 Å². The van der Waals surface area contributed by atoms with Gasteiger partial charge in [-0.05, 0) is 55.9 Å². The third-order valence-corrected chi connectivity index (χ3v) is 6.76. The van der Waals surface area contributed by atoms with Crippen LogP contribution in [0.4, 0.5) is 10.5 Å². The van der Waals surface area contributed by atoms with Crippen molar-refractivity contribution < 1.29 is 13.7 Å². The fourth-order valence-electron chi connectivity index (χ4n) is 2.79. The van der Waals surface area contributed by atoms with Gasteiger partial charge in [0.1, 0.15) is 6.61 Å². The summed E-state index contributed by atoms with van der Waals surface area (Å²) >= 11 is 0. The van der Waals surface area contributed by atoms with E-state index >= 15 is 0 Å². The van der Waals surface area contributed by atoms with Crippen LogP contribution in [0, 0.1) is 0 Å². The first-order valence-corrected chi connectivity index (χ1v) is 11.2. The van der Waals surface area contributed by atoms with Gasteiger partial charge in [-0.25, -0.2) is 9.00 Å². The number of carbonyl (C=O) groups excluding carboxylic acids is 1. The zero-order valence-corrected chi connectivity index (χ0v) is 17.4. The van der Waals surface area contributed by atoms with Crippen LogP contribution in [0.15, 0.2) is 63.9 Å². The lowest BCUT2D eigenvalue weighted by Gasteiger charge is -2.18. The Morgan fingerprint density at radius 1 is 1.07 bits per heavy atom. The van der Waals surface area contributed by atoms with Crippen molar-refractivity contribution in [2.45, 2.75) is 31.8 Å². The number of nitrogens with zero attached hydrogens (tertiary/aromatic N) is 2. The number of nitrogen functional groups attached to an aromatic ring is 1. The van der Waals surface area contributed by atoms with E-state index in [1.54, 1.807) is 24.3 Å². The topological polar surface area (TPSA) is 85.0 Å². The minimum Gasteiger partial charge on any atom is -0.443 e. The Morgan fingerprint density at radius 3 is 2.32 bits per heavy atom. The van der Waals surface area contributed by atoms with Gasteiger partial charge in [-0.15, -0.1) is 4.36 Å². The van der Waals surface area contributed by atoms with Gasteiger partial charge < -0.3 is 15.4 Å². The Morgan fingerprint density at radius 2 is 1.71 bits per heavy atom. The van der Waals surface area contributed by atoms with Crippen LogP contribution in [-0.4, -0.2) is 40.6 Å². The predicted molar refractivity (Wildman–Crippen MR) is 114 cm³/mol. The summed E-state index contributed by atoms with van der Waals surface area (Å²) in [6, 6.07) is 16.0. The molecule has 2 rings (SSSR count). The quantitative estimate of drug-likeness (QED) is 0.635. The maximum Gasteiger partial charge on any atom is 0.442 e. The largest absolute Gasteiger partial charge is 0.443 e. The van der Waals surface area contributed by atoms with Crippen LogP contribution in [0.1, 0.15) is 25.8 Å². The molecule has 28 heavy (non-hydrogen) atoms. The van der Waals surface area contributed by atoms with Crippen LogP contribution in [0.3, 0.4) is 0 Å². The maximum atomic E-state index is 13.6. The minimum atomic E-state index is -2.93. The van der Waals surface area contributed by atoms with Gasteiger partial charge in [0.05, 0.1) is 9.73 Å². The molecule has 7 heteroatoms. The number of hydrogen-bond acceptors (Lipinski definition) is 5. The number of ether oxygens (including phenoxy) is 1. The zero-order chi connectivity index (χ0) is 20.4. The molecule has 1 unspecified atom stereocenters. The van der Waals surface area contributed by atoms with E-state index in [0.29, 0.717) is 17.0 Å². The van der Waals surface area contributed by atoms with E-state index in [-0.39, 0.29) is 12.4 Å². The lowest BCUT2D eigenvalue weighted by atomic mass is 10.2. The van der Waals surface area contributed by atoms with Gasteiger partial charge in [-0.3, -0.25) is 0 Å². The van der Waals surface area contributed by atoms with E-state index in [9.17, 15) is 9.00 Å². The third kappa shape index (κ3) is 6.65. The summed E-state index contributed by atoms with van der Waals surface area (Å²) in [5.41, 5.74) is 7.16. The average molecular weight is 404 g/mol. The number of benzene rings is 2. The van der Waals surface area contributed by atoms with E-state index in [0.717, 1.165) is 25.2 Å². The summed E-state index contributed by atoms with van der Waals surface area (Å²) in [5.74, 6) is 0.286. The summed E-state index contributed by atoms with van der Waals surface area (Å²) in [6.45, 7) is 6.93. The van der Waals surface area contributed by atoms with Crippen LogP contribution < -0.4 is 5.73 Å². The van der Waals surface area contributed by atoms with Crippen molar-refractivity contribution in [3.8, 4) is 0 Å². The molecule has 0 heterocycles. The number of rotatable bonds is 9. The summed E-state index contributed by atoms with van der Waals surface area (Å²) in [4.78, 5) is 15.0. The molecule has 0 fully saturated rings. The van der Waals surface area contributed by atoms with Crippen LogP contribution in [0.2, 0.25) is 0 Å². The van der Waals surface area contributed by atoms with E-state index in [1.807, 2.05) is 30.3 Å². The molecule has 2 aromatic carbocycles. The molecule has 0 saturated heterocycles. The summed E-state index contributed by atoms with van der Waals surface area (Å²) < 4.78 is 22.7. The molecular weight excluding hydrogens is 374 g/mol. The highest BCUT2D eigenvalue weighted by molar-refractivity contribution is 7.94. The minimum absolute atomic E-state index is 0.0971. The number of nitrogens with two attached hydrogens (primary N) is 1. The van der Waals surface area contributed by atoms with Crippen molar-refractivity contribution in [2.24, 2.45) is 4.36 Å². The predicted octanol–water partition coefficient (Wildman–Crippen LogP) is 4.16. The van der Waals surface area contributed by atoms with E-state index in [2.05, 4.69) is 23.1 Å². The molecule has 0 spiro atoms. The fourth-order valence-corrected chi connectivity index (χ4v) is 4.59. The Bertz CT molecular complexity index is 856. The second kappa shape index (κ2) is 10.8. The highest BCUT2D eigenvalue weighted by Gasteiger charge is 2.17. The lowest BCUT2D eigenvalue weighted by Crippen LogP contribution is -2.25. The Kier molecular flexibility index (Phi) is 8.47. The summed E-state index contributed by atoms with van der Waals surface area (Å²) in [7, 11) is -2.93. The van der Waals surface area contributed by atoms with E-state index < -0.39 is 15.8 Å². The third-order valence-electron chi connectivity index (χ3n) is 4.47. The molecule has 0 aromatic heterocycles. The second-order valence-electron chi connectivity index (χ2n) is 6.43. The van der Waals surface area contributed by atoms with Crippen molar-refractivity contribution in [3.05, 3.63) is 60.2 Å². The molecule has 0 bridgehead atoms. The van der Waals surface area contributed by atoms with E-state index in [4.69, 9.17) is 10.5 Å².